The zero-order valence-electron chi connectivity index (χ0n) is 13.7. The fourth-order valence-corrected chi connectivity index (χ4v) is 2.01. The van der Waals surface area contributed by atoms with Crippen LogP contribution in [-0.4, -0.2) is 55.7 Å². The monoisotopic (exact) mass is 358 g/mol. The molecule has 9 heteroatoms. The number of carbonyl (C=O) groups excluding carboxylic acids is 4. The summed E-state index contributed by atoms with van der Waals surface area (Å²) in [4.78, 5) is 44.0. The Morgan fingerprint density at radius 1 is 1.00 bits per heavy atom. The standard InChI is InChI=1S/C15H26N4O4S/c20-10-9-18-15(23)19-13(11-21)5-6-14(22)17-8-4-2-1-3-7-16-12-24/h10-13H,1-9H2,(H,16,24)(H,17,22)(H2,18,19,23). The molecule has 3 amide bonds. The molecule has 0 heterocycles. The highest BCUT2D eigenvalue weighted by Crippen LogP contribution is 1.99. The maximum atomic E-state index is 11.7. The van der Waals surface area contributed by atoms with E-state index >= 15 is 0 Å². The van der Waals surface area contributed by atoms with Crippen LogP contribution in [0.3, 0.4) is 0 Å². The van der Waals surface area contributed by atoms with Crippen molar-refractivity contribution in [3.63, 3.8) is 0 Å². The molecule has 0 aliphatic heterocycles. The van der Waals surface area contributed by atoms with Crippen molar-refractivity contribution in [1.29, 1.82) is 0 Å². The van der Waals surface area contributed by atoms with E-state index in [0.29, 0.717) is 19.1 Å². The number of nitrogens with one attached hydrogen (secondary N) is 4. The van der Waals surface area contributed by atoms with Gasteiger partial charge >= 0.3 is 6.03 Å². The van der Waals surface area contributed by atoms with Crippen LogP contribution < -0.4 is 21.3 Å². The number of carbonyl (C=O) groups is 4. The van der Waals surface area contributed by atoms with Crippen LogP contribution in [0.5, 0.6) is 0 Å². The molecule has 0 rings (SSSR count). The third-order valence-corrected chi connectivity index (χ3v) is 3.33. The molecule has 0 aliphatic rings. The molecular weight excluding hydrogens is 332 g/mol. The highest BCUT2D eigenvalue weighted by molar-refractivity contribution is 7.78. The molecule has 1 unspecified atom stereocenters. The van der Waals surface area contributed by atoms with Crippen molar-refractivity contribution in [1.82, 2.24) is 21.3 Å². The van der Waals surface area contributed by atoms with Gasteiger partial charge in [-0.15, -0.1) is 0 Å². The molecule has 0 aromatic carbocycles. The van der Waals surface area contributed by atoms with Crippen molar-refractivity contribution in [3.05, 3.63) is 0 Å². The van der Waals surface area contributed by atoms with Gasteiger partial charge in [-0.1, -0.05) is 25.1 Å². The highest BCUT2D eigenvalue weighted by atomic mass is 32.1. The molecule has 0 radical (unpaired) electrons. The van der Waals surface area contributed by atoms with Gasteiger partial charge in [-0.25, -0.2) is 4.79 Å². The quantitative estimate of drug-likeness (QED) is 0.187. The Labute approximate surface area is 147 Å². The zero-order chi connectivity index (χ0) is 18.0. The first-order chi connectivity index (χ1) is 11.6. The maximum Gasteiger partial charge on any atom is 0.315 e. The molecule has 0 saturated heterocycles. The van der Waals surface area contributed by atoms with Crippen LogP contribution in [0.15, 0.2) is 0 Å². The average molecular weight is 358 g/mol. The zero-order valence-corrected chi connectivity index (χ0v) is 14.5. The first-order valence-corrected chi connectivity index (χ1v) is 8.48. The van der Waals surface area contributed by atoms with Crippen LogP contribution in [0, 0.1) is 0 Å². The Kier molecular flexibility index (Phi) is 14.5. The molecule has 0 saturated carbocycles. The molecule has 1 atom stereocenters. The third-order valence-electron chi connectivity index (χ3n) is 3.16. The SMILES string of the molecule is O=CCNC(=O)NC(C=O)CCC(=O)NCCCCCCNC=S. The largest absolute Gasteiger partial charge is 0.382 e. The lowest BCUT2D eigenvalue weighted by atomic mass is 10.1. The van der Waals surface area contributed by atoms with Crippen LogP contribution in [-0.2, 0) is 14.4 Å². The lowest BCUT2D eigenvalue weighted by molar-refractivity contribution is -0.121. The van der Waals surface area contributed by atoms with E-state index in [4.69, 9.17) is 0 Å². The molecule has 0 aliphatic carbocycles. The number of unbranched alkanes of at least 4 members (excludes halogenated alkanes) is 3. The predicted molar refractivity (Wildman–Crippen MR) is 94.8 cm³/mol. The van der Waals surface area contributed by atoms with Crippen LogP contribution in [0.1, 0.15) is 38.5 Å². The van der Waals surface area contributed by atoms with E-state index in [2.05, 4.69) is 33.5 Å². The Morgan fingerprint density at radius 2 is 1.71 bits per heavy atom. The van der Waals surface area contributed by atoms with E-state index in [0.717, 1.165) is 32.2 Å². The molecule has 0 spiro atoms. The smallest absolute Gasteiger partial charge is 0.315 e. The number of aldehydes is 2. The Bertz CT molecular complexity index is 407. The van der Waals surface area contributed by atoms with Crippen LogP contribution in [0.25, 0.3) is 0 Å². The number of hydrogen-bond acceptors (Lipinski definition) is 5. The Balaban J connectivity index is 3.67. The molecule has 0 fully saturated rings. The van der Waals surface area contributed by atoms with Crippen molar-refractivity contribution < 1.29 is 19.2 Å². The summed E-state index contributed by atoms with van der Waals surface area (Å²) in [5.74, 6) is -0.153. The van der Waals surface area contributed by atoms with E-state index in [9.17, 15) is 19.2 Å². The number of hydrogen-bond donors (Lipinski definition) is 4. The second-order valence-corrected chi connectivity index (χ2v) is 5.37. The number of rotatable bonds is 15. The molecule has 4 N–H and O–H groups in total. The normalized spacial score (nSPS) is 11.0. The van der Waals surface area contributed by atoms with E-state index in [-0.39, 0.29) is 25.3 Å². The van der Waals surface area contributed by atoms with Crippen molar-refractivity contribution in [2.75, 3.05) is 19.6 Å². The van der Waals surface area contributed by atoms with Gasteiger partial charge in [-0.05, 0) is 19.3 Å². The fourth-order valence-electron chi connectivity index (χ4n) is 1.90. The summed E-state index contributed by atoms with van der Waals surface area (Å²) in [7, 11) is 0. The summed E-state index contributed by atoms with van der Waals surface area (Å²) in [6.07, 6.45) is 5.50. The summed E-state index contributed by atoms with van der Waals surface area (Å²) in [6, 6.07) is -1.36. The van der Waals surface area contributed by atoms with Crippen molar-refractivity contribution in [2.24, 2.45) is 0 Å². The molecular formula is C15H26N4O4S. The van der Waals surface area contributed by atoms with Gasteiger partial charge < -0.3 is 30.9 Å². The fraction of sp³-hybridized carbons (Fsp3) is 0.667. The molecule has 24 heavy (non-hydrogen) atoms. The third kappa shape index (κ3) is 13.6. The second-order valence-electron chi connectivity index (χ2n) is 5.14. The van der Waals surface area contributed by atoms with Crippen LogP contribution in [0.4, 0.5) is 4.79 Å². The summed E-state index contributed by atoms with van der Waals surface area (Å²) >= 11 is 4.65. The Hall–Kier alpha value is -2.03. The van der Waals surface area contributed by atoms with Crippen molar-refractivity contribution in [2.45, 2.75) is 44.6 Å². The average Bonchev–Trinajstić information content (AvgIpc) is 2.58. The van der Waals surface area contributed by atoms with Gasteiger partial charge in [-0.3, -0.25) is 4.79 Å². The topological polar surface area (TPSA) is 116 Å². The minimum atomic E-state index is -0.754. The molecule has 8 nitrogen and oxygen atoms in total. The first-order valence-electron chi connectivity index (χ1n) is 8.01. The number of amides is 3. The number of thiocarbonyl (C=S) groups is 1. The first kappa shape index (κ1) is 22.0. The molecule has 0 aromatic rings. The van der Waals surface area contributed by atoms with Gasteiger partial charge in [0.05, 0.1) is 18.1 Å². The van der Waals surface area contributed by atoms with E-state index < -0.39 is 12.1 Å². The van der Waals surface area contributed by atoms with Crippen molar-refractivity contribution in [3.8, 4) is 0 Å². The number of urea groups is 1. The van der Waals surface area contributed by atoms with Crippen molar-refractivity contribution >= 4 is 42.2 Å². The summed E-state index contributed by atoms with van der Waals surface area (Å²) < 4.78 is 0. The lowest BCUT2D eigenvalue weighted by Crippen LogP contribution is -2.43. The summed E-state index contributed by atoms with van der Waals surface area (Å²) in [5.41, 5.74) is 1.51. The van der Waals surface area contributed by atoms with Gasteiger partial charge in [0.1, 0.15) is 12.6 Å². The second kappa shape index (κ2) is 15.9. The molecule has 136 valence electrons. The molecule has 0 bridgehead atoms. The highest BCUT2D eigenvalue weighted by Gasteiger charge is 2.12. The Morgan fingerprint density at radius 3 is 2.33 bits per heavy atom. The van der Waals surface area contributed by atoms with Gasteiger partial charge in [0.2, 0.25) is 5.91 Å². The maximum absolute atomic E-state index is 11.7. The summed E-state index contributed by atoms with van der Waals surface area (Å²) in [6.45, 7) is 1.34. The minimum Gasteiger partial charge on any atom is -0.382 e. The van der Waals surface area contributed by atoms with Crippen LogP contribution >= 0.6 is 12.2 Å². The summed E-state index contributed by atoms with van der Waals surface area (Å²) in [5, 5.41) is 10.4. The van der Waals surface area contributed by atoms with Gasteiger partial charge in [0.25, 0.3) is 0 Å². The van der Waals surface area contributed by atoms with Gasteiger partial charge in [0, 0.05) is 19.5 Å². The van der Waals surface area contributed by atoms with E-state index in [1.807, 2.05) is 0 Å². The predicted octanol–water partition coefficient (Wildman–Crippen LogP) is 0.0556. The lowest BCUT2D eigenvalue weighted by Gasteiger charge is -2.12. The molecule has 0 aromatic heterocycles. The van der Waals surface area contributed by atoms with Gasteiger partial charge in [-0.2, -0.15) is 0 Å². The van der Waals surface area contributed by atoms with Crippen LogP contribution in [0.2, 0.25) is 0 Å². The van der Waals surface area contributed by atoms with E-state index in [1.54, 1.807) is 0 Å². The van der Waals surface area contributed by atoms with E-state index in [1.165, 1.54) is 5.49 Å². The minimum absolute atomic E-state index is 0.126. The van der Waals surface area contributed by atoms with Gasteiger partial charge in [0.15, 0.2) is 0 Å².